The Hall–Kier alpha value is -2.17. The molecule has 0 radical (unpaired) electrons. The third kappa shape index (κ3) is 4.19. The van der Waals surface area contributed by atoms with E-state index in [2.05, 4.69) is 5.43 Å². The number of benzene rings is 1. The third-order valence-electron chi connectivity index (χ3n) is 2.49. The number of hydrogen-bond donors (Lipinski definition) is 1. The Kier molecular flexibility index (Phi) is 5.02. The van der Waals surface area contributed by atoms with Gasteiger partial charge in [-0.2, -0.15) is 0 Å². The minimum absolute atomic E-state index is 0.181. The molecule has 0 fully saturated rings. The molecule has 1 aromatic rings. The molecule has 1 rings (SSSR count). The van der Waals surface area contributed by atoms with Gasteiger partial charge in [0.1, 0.15) is 5.82 Å². The van der Waals surface area contributed by atoms with E-state index in [1.165, 1.54) is 29.3 Å². The Morgan fingerprint density at radius 2 is 1.95 bits per heavy atom. The third-order valence-corrected chi connectivity index (χ3v) is 2.49. The molecule has 5 heteroatoms. The molecule has 1 aromatic carbocycles. The van der Waals surface area contributed by atoms with E-state index >= 15 is 0 Å². The molecule has 4 nitrogen and oxygen atoms in total. The van der Waals surface area contributed by atoms with Crippen LogP contribution < -0.4 is 5.43 Å². The highest BCUT2D eigenvalue weighted by Crippen LogP contribution is 2.15. The van der Waals surface area contributed by atoms with Gasteiger partial charge in [0, 0.05) is 11.6 Å². The molecule has 0 aliphatic rings. The molecule has 0 unspecified atom stereocenters. The maximum absolute atomic E-state index is 13.2. The first-order valence-electron chi connectivity index (χ1n) is 6.29. The lowest BCUT2D eigenvalue weighted by atomic mass is 10.1. The number of carbonyl (C=O) groups is 2. The first-order valence-corrected chi connectivity index (χ1v) is 6.29. The molecule has 2 amide bonds. The van der Waals surface area contributed by atoms with Crippen molar-refractivity contribution in [2.24, 2.45) is 0 Å². The summed E-state index contributed by atoms with van der Waals surface area (Å²) in [6.45, 7) is 7.04. The van der Waals surface area contributed by atoms with Gasteiger partial charge in [0.25, 0.3) is 11.8 Å². The summed E-state index contributed by atoms with van der Waals surface area (Å²) >= 11 is 0. The fraction of sp³-hybridized carbons (Fsp3) is 0.333. The molecule has 0 saturated heterocycles. The largest absolute Gasteiger partial charge is 0.272 e. The molecular formula is C15H19FN2O2. The van der Waals surface area contributed by atoms with Crippen LogP contribution in [0, 0.1) is 5.82 Å². The van der Waals surface area contributed by atoms with Gasteiger partial charge < -0.3 is 0 Å². The van der Waals surface area contributed by atoms with E-state index in [0.717, 1.165) is 6.07 Å². The van der Waals surface area contributed by atoms with E-state index in [0.29, 0.717) is 0 Å². The Morgan fingerprint density at radius 1 is 1.30 bits per heavy atom. The van der Waals surface area contributed by atoms with Crippen molar-refractivity contribution in [3.05, 3.63) is 47.8 Å². The number of allylic oxidation sites excluding steroid dienone is 1. The van der Waals surface area contributed by atoms with E-state index in [1.807, 2.05) is 0 Å². The molecule has 0 aliphatic heterocycles. The summed E-state index contributed by atoms with van der Waals surface area (Å²) in [5.41, 5.74) is 2.05. The standard InChI is InChI=1S/C15H19FN2O2/c1-5-7-13(19)17-18(15(2,3)4)14(20)11-8-6-9-12(16)10-11/h5-10H,1-4H3,(H,17,19)/b7-5+. The van der Waals surface area contributed by atoms with E-state index in [1.54, 1.807) is 33.8 Å². The predicted octanol–water partition coefficient (Wildman–Crippen LogP) is 2.67. The Labute approximate surface area is 118 Å². The zero-order valence-corrected chi connectivity index (χ0v) is 12.1. The van der Waals surface area contributed by atoms with E-state index in [9.17, 15) is 14.0 Å². The maximum Gasteiger partial charge on any atom is 0.272 e. The smallest absolute Gasteiger partial charge is 0.268 e. The van der Waals surface area contributed by atoms with Gasteiger partial charge in [0.15, 0.2) is 0 Å². The number of nitrogens with one attached hydrogen (secondary N) is 1. The highest BCUT2D eigenvalue weighted by atomic mass is 19.1. The summed E-state index contributed by atoms with van der Waals surface area (Å²) in [6, 6.07) is 5.36. The number of amides is 2. The van der Waals surface area contributed by atoms with Gasteiger partial charge in [-0.1, -0.05) is 12.1 Å². The van der Waals surface area contributed by atoms with Gasteiger partial charge in [-0.3, -0.25) is 15.0 Å². The van der Waals surface area contributed by atoms with Gasteiger partial charge >= 0.3 is 0 Å². The van der Waals surface area contributed by atoms with Crippen LogP contribution >= 0.6 is 0 Å². The molecule has 0 heterocycles. The van der Waals surface area contributed by atoms with Crippen LogP contribution in [0.15, 0.2) is 36.4 Å². The SMILES string of the molecule is C/C=C/C(=O)NN(C(=O)c1cccc(F)c1)C(C)(C)C. The van der Waals surface area contributed by atoms with Crippen LogP contribution in [0.3, 0.4) is 0 Å². The predicted molar refractivity (Wildman–Crippen MR) is 75.3 cm³/mol. The minimum atomic E-state index is -0.638. The average Bonchev–Trinajstić information content (AvgIpc) is 2.34. The summed E-state index contributed by atoms with van der Waals surface area (Å²) in [5, 5.41) is 1.20. The van der Waals surface area contributed by atoms with Crippen molar-refractivity contribution in [2.45, 2.75) is 33.2 Å². The van der Waals surface area contributed by atoms with Gasteiger partial charge in [-0.25, -0.2) is 9.40 Å². The van der Waals surface area contributed by atoms with Crippen molar-refractivity contribution in [2.75, 3.05) is 0 Å². The van der Waals surface area contributed by atoms with Crippen molar-refractivity contribution < 1.29 is 14.0 Å². The first kappa shape index (κ1) is 15.9. The molecule has 0 aliphatic carbocycles. The van der Waals surface area contributed by atoms with Crippen LogP contribution in [0.5, 0.6) is 0 Å². The zero-order chi connectivity index (χ0) is 15.3. The number of rotatable bonds is 2. The highest BCUT2D eigenvalue weighted by Gasteiger charge is 2.28. The van der Waals surface area contributed by atoms with E-state index in [-0.39, 0.29) is 5.56 Å². The number of hydrogen-bond acceptors (Lipinski definition) is 2. The molecule has 1 N–H and O–H groups in total. The monoisotopic (exact) mass is 278 g/mol. The molecule has 0 aromatic heterocycles. The number of carbonyl (C=O) groups excluding carboxylic acids is 2. The summed E-state index contributed by atoms with van der Waals surface area (Å²) in [7, 11) is 0. The maximum atomic E-state index is 13.2. The van der Waals surface area contributed by atoms with Crippen molar-refractivity contribution in [1.29, 1.82) is 0 Å². The first-order chi connectivity index (χ1) is 9.25. The molecule has 0 saturated carbocycles. The topological polar surface area (TPSA) is 49.4 Å². The van der Waals surface area contributed by atoms with Crippen molar-refractivity contribution >= 4 is 11.8 Å². The molecule has 108 valence electrons. The van der Waals surface area contributed by atoms with E-state index < -0.39 is 23.2 Å². The van der Waals surface area contributed by atoms with Crippen LogP contribution in [0.2, 0.25) is 0 Å². The highest BCUT2D eigenvalue weighted by molar-refractivity contribution is 5.97. The number of hydrazine groups is 1. The fourth-order valence-electron chi connectivity index (χ4n) is 1.57. The van der Waals surface area contributed by atoms with Crippen LogP contribution in [0.25, 0.3) is 0 Å². The fourth-order valence-corrected chi connectivity index (χ4v) is 1.57. The zero-order valence-electron chi connectivity index (χ0n) is 12.1. The van der Waals surface area contributed by atoms with E-state index in [4.69, 9.17) is 0 Å². The summed E-state index contributed by atoms with van der Waals surface area (Å²) in [4.78, 5) is 24.0. The second-order valence-corrected chi connectivity index (χ2v) is 5.30. The molecule has 0 spiro atoms. The normalized spacial score (nSPS) is 11.4. The summed E-state index contributed by atoms with van der Waals surface area (Å²) in [5.74, 6) is -1.37. The summed E-state index contributed by atoms with van der Waals surface area (Å²) < 4.78 is 13.2. The van der Waals surface area contributed by atoms with Crippen LogP contribution in [-0.2, 0) is 4.79 Å². The number of nitrogens with zero attached hydrogens (tertiary/aromatic N) is 1. The molecule has 20 heavy (non-hydrogen) atoms. The molecule has 0 atom stereocenters. The Balaban J connectivity index is 3.05. The van der Waals surface area contributed by atoms with Gasteiger partial charge in [0.05, 0.1) is 5.54 Å². The van der Waals surface area contributed by atoms with Crippen molar-refractivity contribution in [1.82, 2.24) is 10.4 Å². The molecular weight excluding hydrogens is 259 g/mol. The lowest BCUT2D eigenvalue weighted by Crippen LogP contribution is -2.55. The second kappa shape index (κ2) is 6.32. The summed E-state index contributed by atoms with van der Waals surface area (Å²) in [6.07, 6.45) is 2.89. The minimum Gasteiger partial charge on any atom is -0.268 e. The van der Waals surface area contributed by atoms with Crippen LogP contribution in [0.1, 0.15) is 38.1 Å². The van der Waals surface area contributed by atoms with Gasteiger partial charge in [-0.15, -0.1) is 0 Å². The van der Waals surface area contributed by atoms with Crippen molar-refractivity contribution in [3.8, 4) is 0 Å². The Bertz CT molecular complexity index is 533. The second-order valence-electron chi connectivity index (χ2n) is 5.30. The lowest BCUT2D eigenvalue weighted by molar-refractivity contribution is -0.122. The Morgan fingerprint density at radius 3 is 2.45 bits per heavy atom. The van der Waals surface area contributed by atoms with Crippen LogP contribution in [0.4, 0.5) is 4.39 Å². The van der Waals surface area contributed by atoms with Gasteiger partial charge in [0.2, 0.25) is 0 Å². The number of halogens is 1. The molecule has 0 bridgehead atoms. The quantitative estimate of drug-likeness (QED) is 0.668. The van der Waals surface area contributed by atoms with Crippen molar-refractivity contribution in [3.63, 3.8) is 0 Å². The van der Waals surface area contributed by atoms with Gasteiger partial charge in [-0.05, 0) is 45.9 Å². The lowest BCUT2D eigenvalue weighted by Gasteiger charge is -2.35. The van der Waals surface area contributed by atoms with Crippen LogP contribution in [-0.4, -0.2) is 22.4 Å². The average molecular weight is 278 g/mol.